The number of rotatable bonds is 10. The van der Waals surface area contributed by atoms with Gasteiger partial charge in [-0.25, -0.2) is 0 Å². The zero-order valence-electron chi connectivity index (χ0n) is 13.2. The third-order valence-corrected chi connectivity index (χ3v) is 3.66. The molecular weight excluding hydrogens is 364 g/mol. The average Bonchev–Trinajstić information content (AvgIpc) is 2.42. The lowest BCUT2D eigenvalue weighted by Crippen LogP contribution is -2.36. The lowest BCUT2D eigenvalue weighted by atomic mass is 9.54. The molecule has 0 aromatic carbocycles. The van der Waals surface area contributed by atoms with Gasteiger partial charge in [0.2, 0.25) is 23.0 Å². The lowest BCUT2D eigenvalue weighted by Gasteiger charge is -2.31. The molecule has 20 heavy (non-hydrogen) atoms. The number of hydrogen-bond donors (Lipinski definition) is 0. The molecule has 0 saturated heterocycles. The van der Waals surface area contributed by atoms with E-state index >= 15 is 0 Å². The van der Waals surface area contributed by atoms with Crippen LogP contribution in [0.5, 0.6) is 0 Å². The molecule has 3 unspecified atom stereocenters. The maximum Gasteiger partial charge on any atom is 0.207 e. The lowest BCUT2D eigenvalue weighted by molar-refractivity contribution is 0.0448. The van der Waals surface area contributed by atoms with Gasteiger partial charge in [-0.3, -0.25) is 0 Å². The maximum atomic E-state index is 5.99. The average molecular weight is 391 g/mol. The topological polar surface area (TPSA) is 21.7 Å². The van der Waals surface area contributed by atoms with Crippen molar-refractivity contribution in [3.05, 3.63) is 12.7 Å². The van der Waals surface area contributed by atoms with Gasteiger partial charge >= 0.3 is 0 Å². The van der Waals surface area contributed by atoms with Crippen LogP contribution in [-0.4, -0.2) is 45.5 Å². The second kappa shape index (κ2) is 12.5. The van der Waals surface area contributed by atoms with Crippen molar-refractivity contribution in [2.75, 3.05) is 27.2 Å². The van der Waals surface area contributed by atoms with E-state index in [0.29, 0.717) is 18.3 Å². The first kappa shape index (κ1) is 19.8. The summed E-state index contributed by atoms with van der Waals surface area (Å²) in [5, 5.41) is 0. The van der Waals surface area contributed by atoms with E-state index in [1.54, 1.807) is 23.0 Å². The van der Waals surface area contributed by atoms with E-state index in [9.17, 15) is 0 Å². The highest BCUT2D eigenvalue weighted by Gasteiger charge is 2.26. The zero-order valence-corrected chi connectivity index (χ0v) is 15.4. The summed E-state index contributed by atoms with van der Waals surface area (Å²) < 4.78 is 10.7. The van der Waals surface area contributed by atoms with Crippen molar-refractivity contribution in [1.29, 1.82) is 0 Å². The molecule has 0 aliphatic heterocycles. The van der Waals surface area contributed by atoms with Crippen molar-refractivity contribution in [2.24, 2.45) is 5.92 Å². The van der Waals surface area contributed by atoms with Crippen LogP contribution < -0.4 is 0 Å². The van der Waals surface area contributed by atoms with Gasteiger partial charge < -0.3 is 12.7 Å². The minimum atomic E-state index is 0.174. The van der Waals surface area contributed by atoms with Crippen LogP contribution in [0.4, 0.5) is 0 Å². The van der Waals surface area contributed by atoms with Gasteiger partial charge in [-0.2, -0.15) is 0 Å². The molecule has 0 aromatic rings. The van der Waals surface area contributed by atoms with Crippen molar-refractivity contribution in [3.63, 3.8) is 0 Å². The normalized spacial score (nSPS) is 14.9. The van der Waals surface area contributed by atoms with Gasteiger partial charge in [0.25, 0.3) is 0 Å². The van der Waals surface area contributed by atoms with Crippen LogP contribution in [0.2, 0.25) is 12.1 Å². The second-order valence-corrected chi connectivity index (χ2v) is 5.81. The first-order valence-electron chi connectivity index (χ1n) is 7.21. The number of nitrogens with zero attached hydrogens (tertiary/aromatic N) is 1. The van der Waals surface area contributed by atoms with Crippen LogP contribution in [0.25, 0.3) is 0 Å². The first-order chi connectivity index (χ1) is 9.56. The summed E-state index contributed by atoms with van der Waals surface area (Å²) in [5.74, 6) is 3.79. The Morgan fingerprint density at radius 2 is 2.15 bits per heavy atom. The SMILES string of the molecule is C=CC(C)C(BCCC)C(CN(C)C)OCC#COI. The minimum absolute atomic E-state index is 0.174. The molecule has 0 radical (unpaired) electrons. The highest BCUT2D eigenvalue weighted by Crippen LogP contribution is 2.26. The quantitative estimate of drug-likeness (QED) is 0.247. The molecule has 0 aliphatic carbocycles. The molecule has 0 saturated carbocycles. The molecule has 0 bridgehead atoms. The number of allylic oxidation sites excluding steroid dienone is 1. The van der Waals surface area contributed by atoms with Gasteiger partial charge in [0.1, 0.15) is 20.0 Å². The summed E-state index contributed by atoms with van der Waals surface area (Å²) in [6, 6.07) is 0. The minimum Gasteiger partial charge on any atom is -0.378 e. The van der Waals surface area contributed by atoms with Gasteiger partial charge in [0.05, 0.1) is 6.10 Å². The molecule has 114 valence electrons. The van der Waals surface area contributed by atoms with Gasteiger partial charge in [-0.05, 0) is 31.8 Å². The second-order valence-electron chi connectivity index (χ2n) is 5.37. The van der Waals surface area contributed by atoms with Crippen LogP contribution in [0.1, 0.15) is 20.3 Å². The van der Waals surface area contributed by atoms with Crippen molar-refractivity contribution in [1.82, 2.24) is 4.90 Å². The molecular formula is C15H27BINO2. The molecule has 0 N–H and O–H groups in total. The highest BCUT2D eigenvalue weighted by atomic mass is 127. The van der Waals surface area contributed by atoms with E-state index in [0.717, 1.165) is 6.54 Å². The number of halogens is 1. The molecule has 0 aliphatic rings. The van der Waals surface area contributed by atoms with Crippen molar-refractivity contribution in [3.8, 4) is 12.0 Å². The van der Waals surface area contributed by atoms with Gasteiger partial charge in [-0.15, -0.1) is 6.58 Å². The van der Waals surface area contributed by atoms with Crippen LogP contribution >= 0.6 is 23.0 Å². The van der Waals surface area contributed by atoms with Gasteiger partial charge in [0, 0.05) is 6.54 Å². The van der Waals surface area contributed by atoms with Crippen molar-refractivity contribution in [2.45, 2.75) is 38.5 Å². The number of hydrogen-bond acceptors (Lipinski definition) is 3. The summed E-state index contributed by atoms with van der Waals surface area (Å²) in [4.78, 5) is 2.17. The van der Waals surface area contributed by atoms with Crippen LogP contribution in [0, 0.1) is 17.9 Å². The fraction of sp³-hybridized carbons (Fsp3) is 0.733. The monoisotopic (exact) mass is 391 g/mol. The predicted molar refractivity (Wildman–Crippen MR) is 96.5 cm³/mol. The van der Waals surface area contributed by atoms with E-state index in [4.69, 9.17) is 7.80 Å². The Kier molecular flexibility index (Phi) is 12.4. The fourth-order valence-electron chi connectivity index (χ4n) is 2.28. The Morgan fingerprint density at radius 1 is 1.45 bits per heavy atom. The smallest absolute Gasteiger partial charge is 0.207 e. The van der Waals surface area contributed by atoms with Crippen molar-refractivity contribution >= 4 is 30.3 Å². The van der Waals surface area contributed by atoms with Gasteiger partial charge in [-0.1, -0.05) is 32.7 Å². The van der Waals surface area contributed by atoms with E-state index < -0.39 is 0 Å². The molecule has 0 rings (SSSR count). The first-order valence-corrected chi connectivity index (χ1v) is 8.09. The van der Waals surface area contributed by atoms with E-state index in [-0.39, 0.29) is 6.10 Å². The summed E-state index contributed by atoms with van der Waals surface area (Å²) in [6.07, 6.45) is 7.19. The Balaban J connectivity index is 4.74. The summed E-state index contributed by atoms with van der Waals surface area (Å²) in [5.41, 5.74) is 0. The molecule has 0 fully saturated rings. The molecule has 0 spiro atoms. The molecule has 0 heterocycles. The van der Waals surface area contributed by atoms with Crippen LogP contribution in [0.3, 0.4) is 0 Å². The summed E-state index contributed by atoms with van der Waals surface area (Å²) in [7, 11) is 5.31. The maximum absolute atomic E-state index is 5.99. The third kappa shape index (κ3) is 8.88. The number of likely N-dealkylation sites (N-methyl/N-ethyl adjacent to an activating group) is 1. The Morgan fingerprint density at radius 3 is 2.65 bits per heavy atom. The third-order valence-electron chi connectivity index (χ3n) is 3.44. The highest BCUT2D eigenvalue weighted by molar-refractivity contribution is 14.1. The predicted octanol–water partition coefficient (Wildman–Crippen LogP) is 3.14. The van der Waals surface area contributed by atoms with E-state index in [2.05, 4.69) is 51.4 Å². The Hall–Kier alpha value is -0.185. The van der Waals surface area contributed by atoms with Crippen LogP contribution in [-0.2, 0) is 7.80 Å². The zero-order chi connectivity index (χ0) is 15.4. The van der Waals surface area contributed by atoms with Crippen molar-refractivity contribution < 1.29 is 7.80 Å². The van der Waals surface area contributed by atoms with Crippen LogP contribution in [0.15, 0.2) is 12.7 Å². The molecule has 3 nitrogen and oxygen atoms in total. The van der Waals surface area contributed by atoms with Gasteiger partial charge in [0.15, 0.2) is 0 Å². The standard InChI is InChI=1S/C15H27BINO2/c1-6-9-16-15(13(3)7-2)14(12-18(4)5)19-10-8-11-20-17/h7,13-16H,2,6,9-10,12H2,1,3-5H3. The van der Waals surface area contributed by atoms with E-state index in [1.807, 2.05) is 6.08 Å². The summed E-state index contributed by atoms with van der Waals surface area (Å²) in [6.45, 7) is 9.70. The summed E-state index contributed by atoms with van der Waals surface area (Å²) >= 11 is 1.76. The number of ether oxygens (including phenoxy) is 1. The largest absolute Gasteiger partial charge is 0.378 e. The molecule has 5 heteroatoms. The molecule has 3 atom stereocenters. The fourth-order valence-corrected chi connectivity index (χ4v) is 2.43. The molecule has 0 amide bonds. The molecule has 0 aromatic heterocycles. The van der Waals surface area contributed by atoms with E-state index in [1.165, 1.54) is 20.0 Å². The Labute approximate surface area is 139 Å². The Bertz CT molecular complexity index is 315.